The van der Waals surface area contributed by atoms with Crippen molar-refractivity contribution in [3.05, 3.63) is 28.2 Å². The minimum atomic E-state index is -0.890. The molecule has 0 unspecified atom stereocenters. The van der Waals surface area contributed by atoms with Crippen LogP contribution in [-0.2, 0) is 4.79 Å². The highest BCUT2D eigenvalue weighted by Gasteiger charge is 2.25. The van der Waals surface area contributed by atoms with Gasteiger partial charge in [0.2, 0.25) is 5.91 Å². The standard InChI is InChI=1S/C10H9Br2F2NO/c1-10(2,12)9(16)15-8-6(13)3-5(11)4-7(8)14/h3-4H,1-2H3,(H,15,16). The van der Waals surface area contributed by atoms with Crippen molar-refractivity contribution in [3.63, 3.8) is 0 Å². The Hall–Kier alpha value is -0.490. The topological polar surface area (TPSA) is 29.1 Å². The van der Waals surface area contributed by atoms with E-state index >= 15 is 0 Å². The molecule has 0 spiro atoms. The van der Waals surface area contributed by atoms with Gasteiger partial charge in [-0.15, -0.1) is 0 Å². The third-order valence-electron chi connectivity index (χ3n) is 1.79. The number of nitrogens with one attached hydrogen (secondary N) is 1. The number of rotatable bonds is 2. The number of carbonyl (C=O) groups excluding carboxylic acids is 1. The van der Waals surface area contributed by atoms with Gasteiger partial charge in [-0.25, -0.2) is 8.78 Å². The molecule has 0 aromatic heterocycles. The number of amides is 1. The fraction of sp³-hybridized carbons (Fsp3) is 0.300. The van der Waals surface area contributed by atoms with Crippen LogP contribution in [0.2, 0.25) is 0 Å². The molecule has 0 atom stereocenters. The molecule has 0 radical (unpaired) electrons. The lowest BCUT2D eigenvalue weighted by Crippen LogP contribution is -2.31. The van der Waals surface area contributed by atoms with E-state index in [0.29, 0.717) is 0 Å². The van der Waals surface area contributed by atoms with E-state index in [-0.39, 0.29) is 4.47 Å². The molecule has 1 rings (SSSR count). The summed E-state index contributed by atoms with van der Waals surface area (Å²) in [6, 6.07) is 2.17. The summed E-state index contributed by atoms with van der Waals surface area (Å²) < 4.78 is 26.1. The van der Waals surface area contributed by atoms with Gasteiger partial charge in [-0.3, -0.25) is 4.79 Å². The molecule has 0 bridgehead atoms. The number of hydrogen-bond acceptors (Lipinski definition) is 1. The molecule has 2 nitrogen and oxygen atoms in total. The Labute approximate surface area is 109 Å². The zero-order valence-electron chi connectivity index (χ0n) is 8.57. The molecule has 0 fully saturated rings. The Morgan fingerprint density at radius 1 is 1.31 bits per heavy atom. The van der Waals surface area contributed by atoms with Gasteiger partial charge in [0.05, 0.1) is 4.32 Å². The quantitative estimate of drug-likeness (QED) is 0.801. The molecule has 1 aromatic rings. The average molecular weight is 357 g/mol. The first kappa shape index (κ1) is 13.6. The SMILES string of the molecule is CC(C)(Br)C(=O)Nc1c(F)cc(Br)cc1F. The summed E-state index contributed by atoms with van der Waals surface area (Å²) in [5, 5.41) is 2.19. The summed E-state index contributed by atoms with van der Waals surface area (Å²) in [4.78, 5) is 11.5. The van der Waals surface area contributed by atoms with E-state index in [0.717, 1.165) is 12.1 Å². The van der Waals surface area contributed by atoms with Gasteiger partial charge in [-0.05, 0) is 26.0 Å². The molecule has 0 aliphatic rings. The molecule has 1 N–H and O–H groups in total. The van der Waals surface area contributed by atoms with Crippen molar-refractivity contribution in [1.29, 1.82) is 0 Å². The highest BCUT2D eigenvalue weighted by atomic mass is 79.9. The Morgan fingerprint density at radius 3 is 2.12 bits per heavy atom. The van der Waals surface area contributed by atoms with Crippen LogP contribution in [0.15, 0.2) is 16.6 Å². The van der Waals surface area contributed by atoms with Gasteiger partial charge < -0.3 is 5.32 Å². The van der Waals surface area contributed by atoms with E-state index in [9.17, 15) is 13.6 Å². The highest BCUT2D eigenvalue weighted by Crippen LogP contribution is 2.26. The monoisotopic (exact) mass is 355 g/mol. The van der Waals surface area contributed by atoms with Gasteiger partial charge in [0, 0.05) is 4.47 Å². The van der Waals surface area contributed by atoms with Crippen LogP contribution in [0.4, 0.5) is 14.5 Å². The maximum absolute atomic E-state index is 13.4. The zero-order valence-corrected chi connectivity index (χ0v) is 11.7. The lowest BCUT2D eigenvalue weighted by Gasteiger charge is -2.16. The smallest absolute Gasteiger partial charge is 0.240 e. The van der Waals surface area contributed by atoms with Crippen LogP contribution in [-0.4, -0.2) is 10.2 Å². The summed E-state index contributed by atoms with van der Waals surface area (Å²) in [7, 11) is 0. The third kappa shape index (κ3) is 3.25. The molecular weight excluding hydrogens is 348 g/mol. The predicted octanol–water partition coefficient (Wildman–Crippen LogP) is 3.84. The maximum Gasteiger partial charge on any atom is 0.240 e. The van der Waals surface area contributed by atoms with E-state index in [1.807, 2.05) is 0 Å². The minimum Gasteiger partial charge on any atom is -0.320 e. The summed E-state index contributed by atoms with van der Waals surface area (Å²) in [5.41, 5.74) is -0.444. The van der Waals surface area contributed by atoms with Crippen LogP contribution in [0.3, 0.4) is 0 Å². The molecule has 0 saturated carbocycles. The number of carbonyl (C=O) groups is 1. The Morgan fingerprint density at radius 2 is 1.75 bits per heavy atom. The average Bonchev–Trinajstić information content (AvgIpc) is 2.08. The van der Waals surface area contributed by atoms with Gasteiger partial charge >= 0.3 is 0 Å². The summed E-state index contributed by atoms with van der Waals surface area (Å²) in [6.45, 7) is 3.16. The zero-order chi connectivity index (χ0) is 12.5. The molecule has 0 aliphatic carbocycles. The van der Waals surface area contributed by atoms with Gasteiger partial charge in [-0.2, -0.15) is 0 Å². The van der Waals surface area contributed by atoms with Crippen molar-refractivity contribution < 1.29 is 13.6 Å². The number of benzene rings is 1. The summed E-state index contributed by atoms with van der Waals surface area (Å²) in [6.07, 6.45) is 0. The highest BCUT2D eigenvalue weighted by molar-refractivity contribution is 9.10. The second-order valence-electron chi connectivity index (χ2n) is 3.67. The van der Waals surface area contributed by atoms with E-state index in [2.05, 4.69) is 37.2 Å². The Kier molecular flexibility index (Phi) is 4.07. The van der Waals surface area contributed by atoms with E-state index in [1.54, 1.807) is 13.8 Å². The van der Waals surface area contributed by atoms with Crippen molar-refractivity contribution in [2.75, 3.05) is 5.32 Å². The second kappa shape index (κ2) is 4.79. The fourth-order valence-corrected chi connectivity index (χ4v) is 1.42. The van der Waals surface area contributed by atoms with E-state index in [4.69, 9.17) is 0 Å². The van der Waals surface area contributed by atoms with Crippen LogP contribution in [0, 0.1) is 11.6 Å². The van der Waals surface area contributed by atoms with Gasteiger partial charge in [-0.1, -0.05) is 31.9 Å². The summed E-state index contributed by atoms with van der Waals surface area (Å²) in [5.74, 6) is -2.17. The van der Waals surface area contributed by atoms with E-state index in [1.165, 1.54) is 0 Å². The van der Waals surface area contributed by atoms with Gasteiger partial charge in [0.15, 0.2) is 11.6 Å². The second-order valence-corrected chi connectivity index (χ2v) is 6.57. The molecule has 1 aromatic carbocycles. The minimum absolute atomic E-state index is 0.276. The van der Waals surface area contributed by atoms with Crippen molar-refractivity contribution in [2.24, 2.45) is 0 Å². The lowest BCUT2D eigenvalue weighted by atomic mass is 10.2. The van der Waals surface area contributed by atoms with Crippen molar-refractivity contribution >= 4 is 43.5 Å². The predicted molar refractivity (Wildman–Crippen MR) is 65.7 cm³/mol. The van der Waals surface area contributed by atoms with Crippen LogP contribution in [0.25, 0.3) is 0 Å². The molecule has 16 heavy (non-hydrogen) atoms. The number of alkyl halides is 1. The molecule has 1 amide bonds. The van der Waals surface area contributed by atoms with Crippen LogP contribution >= 0.6 is 31.9 Å². The van der Waals surface area contributed by atoms with Gasteiger partial charge in [0.1, 0.15) is 5.69 Å². The van der Waals surface area contributed by atoms with Crippen molar-refractivity contribution in [3.8, 4) is 0 Å². The molecule has 6 heteroatoms. The molecule has 0 heterocycles. The van der Waals surface area contributed by atoms with Crippen molar-refractivity contribution in [2.45, 2.75) is 18.2 Å². The van der Waals surface area contributed by atoms with Crippen LogP contribution < -0.4 is 5.32 Å². The van der Waals surface area contributed by atoms with Gasteiger partial charge in [0.25, 0.3) is 0 Å². The van der Waals surface area contributed by atoms with Crippen molar-refractivity contribution in [1.82, 2.24) is 0 Å². The fourth-order valence-electron chi connectivity index (χ4n) is 0.924. The number of halogens is 4. The molecular formula is C10H9Br2F2NO. The van der Waals surface area contributed by atoms with Crippen LogP contribution in [0.1, 0.15) is 13.8 Å². The molecule has 0 saturated heterocycles. The van der Waals surface area contributed by atoms with Crippen LogP contribution in [0.5, 0.6) is 0 Å². The molecule has 0 aliphatic heterocycles. The maximum atomic E-state index is 13.4. The number of hydrogen-bond donors (Lipinski definition) is 1. The lowest BCUT2D eigenvalue weighted by molar-refractivity contribution is -0.117. The first-order valence-corrected chi connectivity index (χ1v) is 5.95. The first-order chi connectivity index (χ1) is 7.21. The summed E-state index contributed by atoms with van der Waals surface area (Å²) >= 11 is 6.05. The molecule has 88 valence electrons. The largest absolute Gasteiger partial charge is 0.320 e. The Balaban J connectivity index is 3.03. The normalized spacial score (nSPS) is 11.4. The third-order valence-corrected chi connectivity index (χ3v) is 2.60. The Bertz CT molecular complexity index is 406. The number of anilines is 1. The first-order valence-electron chi connectivity index (χ1n) is 4.36. The van der Waals surface area contributed by atoms with E-state index < -0.39 is 27.6 Å².